The van der Waals surface area contributed by atoms with E-state index >= 15 is 0 Å². The molecular formula is C16H33N. The van der Waals surface area contributed by atoms with Gasteiger partial charge < -0.3 is 5.32 Å². The van der Waals surface area contributed by atoms with E-state index < -0.39 is 0 Å². The quantitative estimate of drug-likeness (QED) is 0.564. The molecule has 102 valence electrons. The fourth-order valence-electron chi connectivity index (χ4n) is 3.18. The molecule has 0 aromatic heterocycles. The van der Waals surface area contributed by atoms with Crippen LogP contribution in [-0.2, 0) is 0 Å². The first-order valence-electron chi connectivity index (χ1n) is 8.00. The van der Waals surface area contributed by atoms with Crippen molar-refractivity contribution >= 4 is 0 Å². The van der Waals surface area contributed by atoms with Crippen LogP contribution in [0.25, 0.3) is 0 Å². The maximum Gasteiger partial charge on any atom is 0.00694 e. The lowest BCUT2D eigenvalue weighted by atomic mass is 9.98. The molecule has 0 spiro atoms. The van der Waals surface area contributed by atoms with Crippen LogP contribution in [-0.4, -0.2) is 12.1 Å². The zero-order valence-electron chi connectivity index (χ0n) is 12.3. The van der Waals surface area contributed by atoms with Crippen molar-refractivity contribution in [2.24, 2.45) is 5.92 Å². The molecule has 0 radical (unpaired) electrons. The molecule has 17 heavy (non-hydrogen) atoms. The monoisotopic (exact) mass is 239 g/mol. The summed E-state index contributed by atoms with van der Waals surface area (Å²) in [5.74, 6) is 0.956. The van der Waals surface area contributed by atoms with Gasteiger partial charge in [0.15, 0.2) is 0 Å². The minimum atomic E-state index is 0.715. The summed E-state index contributed by atoms with van der Waals surface area (Å²) < 4.78 is 0. The largest absolute Gasteiger partial charge is 0.312 e. The van der Waals surface area contributed by atoms with Gasteiger partial charge >= 0.3 is 0 Å². The maximum absolute atomic E-state index is 3.81. The molecule has 1 nitrogen and oxygen atoms in total. The second-order valence-corrected chi connectivity index (χ2v) is 6.10. The van der Waals surface area contributed by atoms with Gasteiger partial charge in [-0.2, -0.15) is 0 Å². The smallest absolute Gasteiger partial charge is 0.00694 e. The van der Waals surface area contributed by atoms with E-state index in [0.29, 0.717) is 6.04 Å². The van der Waals surface area contributed by atoms with Gasteiger partial charge in [0, 0.05) is 12.1 Å². The molecule has 0 aromatic carbocycles. The van der Waals surface area contributed by atoms with E-state index in [1.165, 1.54) is 64.2 Å². The predicted octanol–water partition coefficient (Wildman–Crippen LogP) is 4.90. The molecule has 2 atom stereocenters. The molecule has 0 bridgehead atoms. The second kappa shape index (κ2) is 8.97. The van der Waals surface area contributed by atoms with Crippen LogP contribution in [0.1, 0.15) is 85.0 Å². The zero-order chi connectivity index (χ0) is 12.5. The molecule has 2 unspecified atom stereocenters. The molecule has 1 rings (SSSR count). The molecule has 1 fully saturated rings. The minimum Gasteiger partial charge on any atom is -0.312 e. The van der Waals surface area contributed by atoms with Gasteiger partial charge in [0.25, 0.3) is 0 Å². The highest BCUT2D eigenvalue weighted by molar-refractivity contribution is 4.79. The maximum atomic E-state index is 3.81. The van der Waals surface area contributed by atoms with Crippen molar-refractivity contribution in [1.29, 1.82) is 0 Å². The number of unbranched alkanes of at least 4 members (excludes halogenated alkanes) is 4. The Labute approximate surface area is 109 Å². The summed E-state index contributed by atoms with van der Waals surface area (Å²) in [4.78, 5) is 0. The van der Waals surface area contributed by atoms with E-state index in [2.05, 4.69) is 26.1 Å². The summed E-state index contributed by atoms with van der Waals surface area (Å²) in [6.45, 7) is 7.04. The van der Waals surface area contributed by atoms with E-state index in [1.807, 2.05) is 0 Å². The van der Waals surface area contributed by atoms with Crippen LogP contribution in [0.2, 0.25) is 0 Å². The first-order chi connectivity index (χ1) is 8.24. The molecule has 0 aliphatic heterocycles. The van der Waals surface area contributed by atoms with Gasteiger partial charge in [-0.15, -0.1) is 0 Å². The van der Waals surface area contributed by atoms with Crippen molar-refractivity contribution in [3.8, 4) is 0 Å². The number of nitrogens with one attached hydrogen (secondary N) is 1. The Kier molecular flexibility index (Phi) is 7.92. The standard InChI is InChI=1S/C16H33N/c1-4-5-6-7-8-11-14(2)17-15(3)16-12-9-10-13-16/h14-17H,4-13H2,1-3H3. The van der Waals surface area contributed by atoms with Crippen molar-refractivity contribution in [3.63, 3.8) is 0 Å². The minimum absolute atomic E-state index is 0.715. The van der Waals surface area contributed by atoms with Crippen LogP contribution in [0.5, 0.6) is 0 Å². The Hall–Kier alpha value is -0.0400. The molecule has 0 aromatic rings. The topological polar surface area (TPSA) is 12.0 Å². The van der Waals surface area contributed by atoms with Gasteiger partial charge in [0.1, 0.15) is 0 Å². The van der Waals surface area contributed by atoms with Crippen molar-refractivity contribution in [3.05, 3.63) is 0 Å². The summed E-state index contributed by atoms with van der Waals surface area (Å²) >= 11 is 0. The van der Waals surface area contributed by atoms with Gasteiger partial charge in [0.05, 0.1) is 0 Å². The Bertz CT molecular complexity index is 172. The number of rotatable bonds is 9. The average Bonchev–Trinajstić information content (AvgIpc) is 2.82. The summed E-state index contributed by atoms with van der Waals surface area (Å²) in [6.07, 6.45) is 14.2. The molecule has 1 N–H and O–H groups in total. The second-order valence-electron chi connectivity index (χ2n) is 6.10. The first-order valence-corrected chi connectivity index (χ1v) is 8.00. The SMILES string of the molecule is CCCCCCCC(C)NC(C)C1CCCC1. The molecule has 0 heterocycles. The molecule has 1 aliphatic rings. The van der Waals surface area contributed by atoms with E-state index in [4.69, 9.17) is 0 Å². The van der Waals surface area contributed by atoms with E-state index in [-0.39, 0.29) is 0 Å². The fourth-order valence-corrected chi connectivity index (χ4v) is 3.18. The fraction of sp³-hybridized carbons (Fsp3) is 1.00. The molecular weight excluding hydrogens is 206 g/mol. The molecule has 0 amide bonds. The van der Waals surface area contributed by atoms with Gasteiger partial charge in [-0.25, -0.2) is 0 Å². The Balaban J connectivity index is 2.01. The van der Waals surface area contributed by atoms with Crippen LogP contribution < -0.4 is 5.32 Å². The first kappa shape index (κ1) is 15.0. The van der Waals surface area contributed by atoms with Gasteiger partial charge in [-0.1, -0.05) is 51.9 Å². The van der Waals surface area contributed by atoms with E-state index in [1.54, 1.807) is 0 Å². The average molecular weight is 239 g/mol. The zero-order valence-corrected chi connectivity index (χ0v) is 12.3. The van der Waals surface area contributed by atoms with E-state index in [9.17, 15) is 0 Å². The molecule has 0 saturated heterocycles. The third-order valence-electron chi connectivity index (χ3n) is 4.40. The molecule has 1 aliphatic carbocycles. The highest BCUT2D eigenvalue weighted by Crippen LogP contribution is 2.27. The van der Waals surface area contributed by atoms with Crippen LogP contribution in [0.4, 0.5) is 0 Å². The Morgan fingerprint density at radius 2 is 1.65 bits per heavy atom. The van der Waals surface area contributed by atoms with Crippen molar-refractivity contribution in [1.82, 2.24) is 5.32 Å². The molecule has 1 saturated carbocycles. The van der Waals surface area contributed by atoms with E-state index in [0.717, 1.165) is 12.0 Å². The van der Waals surface area contributed by atoms with Crippen LogP contribution in [0.3, 0.4) is 0 Å². The molecule has 1 heteroatoms. The third kappa shape index (κ3) is 6.45. The summed E-state index contributed by atoms with van der Waals surface area (Å²) in [5.41, 5.74) is 0. The van der Waals surface area contributed by atoms with Crippen molar-refractivity contribution in [2.75, 3.05) is 0 Å². The van der Waals surface area contributed by atoms with Crippen LogP contribution >= 0.6 is 0 Å². The van der Waals surface area contributed by atoms with Crippen LogP contribution in [0.15, 0.2) is 0 Å². The summed E-state index contributed by atoms with van der Waals surface area (Å²) in [6, 6.07) is 1.45. The highest BCUT2D eigenvalue weighted by atomic mass is 14.9. The highest BCUT2D eigenvalue weighted by Gasteiger charge is 2.22. The van der Waals surface area contributed by atoms with Crippen LogP contribution in [0, 0.1) is 5.92 Å². The third-order valence-corrected chi connectivity index (χ3v) is 4.40. The predicted molar refractivity (Wildman–Crippen MR) is 77.4 cm³/mol. The lowest BCUT2D eigenvalue weighted by Crippen LogP contribution is -2.38. The van der Waals surface area contributed by atoms with Gasteiger partial charge in [-0.3, -0.25) is 0 Å². The lowest BCUT2D eigenvalue weighted by molar-refractivity contribution is 0.336. The summed E-state index contributed by atoms with van der Waals surface area (Å²) in [7, 11) is 0. The van der Waals surface area contributed by atoms with Gasteiger partial charge in [-0.05, 0) is 39.0 Å². The summed E-state index contributed by atoms with van der Waals surface area (Å²) in [5, 5.41) is 3.81. The lowest BCUT2D eigenvalue weighted by Gasteiger charge is -2.25. The Morgan fingerprint density at radius 1 is 1.00 bits per heavy atom. The van der Waals surface area contributed by atoms with Gasteiger partial charge in [0.2, 0.25) is 0 Å². The Morgan fingerprint density at radius 3 is 2.29 bits per heavy atom. The number of hydrogen-bond acceptors (Lipinski definition) is 1. The normalized spacial score (nSPS) is 20.6. The van der Waals surface area contributed by atoms with Crippen molar-refractivity contribution < 1.29 is 0 Å². The number of hydrogen-bond donors (Lipinski definition) is 1. The van der Waals surface area contributed by atoms with Crippen molar-refractivity contribution in [2.45, 2.75) is 97.1 Å².